The smallest absolute Gasteiger partial charge is 0.488 e. The molecule has 130 heavy (non-hydrogen) atoms. The largest absolute Gasteiger partial charge is 0.508 e. The Morgan fingerprint density at radius 1 is 0.292 bits per heavy atom. The van der Waals surface area contributed by atoms with E-state index in [1.807, 2.05) is 133 Å². The van der Waals surface area contributed by atoms with Gasteiger partial charge in [-0.1, -0.05) is 152 Å². The normalized spacial score (nSPS) is 10.8. The number of carbonyl (C=O) groups is 8. The van der Waals surface area contributed by atoms with Crippen LogP contribution in [0.15, 0.2) is 315 Å². The van der Waals surface area contributed by atoms with Gasteiger partial charge in [-0.2, -0.15) is 39.5 Å². The van der Waals surface area contributed by atoms with Crippen LogP contribution in [0.2, 0.25) is 0 Å². The standard InChI is InChI=1S/C32H20F6N2O3.C20H16O5.C18H12O5.C10H9BO2.C10H10O5.C7H6F3N/c33-31(34,35)23-7-3-9-25(17-23)39-29(41)21-13-22(30(42)40-26-10-4-8-24(18-26)32(36,37)38)16-28(15-21)43-27-12-11-19-5-1-2-6-20(19)14-27;1-23-19(21)15-9-16(20(22)24-2)12-18(11-15)25-17-8-7-13-5-3-4-6-14(13)10-17;19-17(20)13-7-14(18(21)22)10-16(9-13)23-15-6-5-11-3-1-2-4-12(11)8-15;12-11(13)10-6-5-8-3-1-2-4-9(8)7-10;1-14-9(12)6-3-7(10(13)15-2)5-8(11)4-6;8-7(9,10)5-2-1-3-6(11)4-5/h1-18H,(H,39,41)(H,40,42);3-12H,1-2H3;1-10H,(H,19,20)(H,21,22);1-7,12-13H;3-5,11H,1-2H3;1-4H,11H2. The predicted molar refractivity (Wildman–Crippen MR) is 467 cm³/mol. The number of ether oxygens (including phenoxy) is 7. The van der Waals surface area contributed by atoms with E-state index in [9.17, 15) is 83.0 Å². The van der Waals surface area contributed by atoms with Crippen molar-refractivity contribution < 1.29 is 136 Å². The molecule has 0 atom stereocenters. The van der Waals surface area contributed by atoms with E-state index in [4.69, 9.17) is 49.7 Å². The molecule has 9 N–H and O–H groups in total. The number of carboxylic acid groups (broad SMARTS) is 2. The molecule has 15 rings (SSSR count). The third kappa shape index (κ3) is 27.2. The number of amides is 2. The minimum absolute atomic E-state index is 0.0289. The second-order valence-electron chi connectivity index (χ2n) is 27.6. The van der Waals surface area contributed by atoms with Crippen LogP contribution >= 0.6 is 0 Å². The number of phenols is 1. The number of alkyl halides is 9. The van der Waals surface area contributed by atoms with Gasteiger partial charge in [0.15, 0.2) is 0 Å². The number of anilines is 3. The van der Waals surface area contributed by atoms with E-state index in [1.54, 1.807) is 36.4 Å². The molecule has 0 saturated heterocycles. The molecule has 0 spiro atoms. The summed E-state index contributed by atoms with van der Waals surface area (Å²) in [4.78, 5) is 94.4. The van der Waals surface area contributed by atoms with Crippen LogP contribution in [0.5, 0.6) is 40.2 Å². The minimum Gasteiger partial charge on any atom is -0.508 e. The van der Waals surface area contributed by atoms with Gasteiger partial charge in [0.2, 0.25) is 0 Å². The summed E-state index contributed by atoms with van der Waals surface area (Å²) in [6, 6.07) is 80.7. The fourth-order valence-corrected chi connectivity index (χ4v) is 12.2. The molecule has 23 nitrogen and oxygen atoms in total. The molecule has 0 saturated carbocycles. The third-order valence-corrected chi connectivity index (χ3v) is 18.4. The van der Waals surface area contributed by atoms with Crippen LogP contribution in [0, 0.1) is 0 Å². The molecule has 0 aliphatic heterocycles. The molecule has 0 heterocycles. The Hall–Kier alpha value is -16.5. The number of benzene rings is 15. The highest BCUT2D eigenvalue weighted by Gasteiger charge is 2.33. The molecule has 0 unspecified atom stereocenters. The monoisotopic (exact) mass is 1780 g/mol. The van der Waals surface area contributed by atoms with Crippen LogP contribution in [-0.2, 0) is 37.5 Å². The van der Waals surface area contributed by atoms with Gasteiger partial charge in [0.1, 0.15) is 40.2 Å². The number of esters is 4. The number of aromatic hydroxyl groups is 1. The number of carboxylic acids is 2. The Morgan fingerprint density at radius 3 is 0.877 bits per heavy atom. The van der Waals surface area contributed by atoms with E-state index >= 15 is 0 Å². The lowest BCUT2D eigenvalue weighted by atomic mass is 9.79. The van der Waals surface area contributed by atoms with Crippen molar-refractivity contribution in [3.63, 3.8) is 0 Å². The van der Waals surface area contributed by atoms with Gasteiger partial charge in [-0.05, 0) is 212 Å². The van der Waals surface area contributed by atoms with Gasteiger partial charge in [0.05, 0.1) is 78.5 Å². The number of hydrogen-bond acceptors (Lipinski definition) is 19. The highest BCUT2D eigenvalue weighted by molar-refractivity contribution is 6.59. The van der Waals surface area contributed by atoms with Gasteiger partial charge in [0, 0.05) is 28.2 Å². The predicted octanol–water partition coefficient (Wildman–Crippen LogP) is 21.2. The first-order chi connectivity index (χ1) is 61.8. The summed E-state index contributed by atoms with van der Waals surface area (Å²) < 4.78 is 150. The van der Waals surface area contributed by atoms with Crippen molar-refractivity contribution in [1.82, 2.24) is 0 Å². The molecule has 0 fully saturated rings. The van der Waals surface area contributed by atoms with Crippen LogP contribution in [0.25, 0.3) is 43.1 Å². The van der Waals surface area contributed by atoms with Crippen LogP contribution < -0.4 is 36.0 Å². The molecule has 662 valence electrons. The third-order valence-electron chi connectivity index (χ3n) is 18.4. The van der Waals surface area contributed by atoms with Crippen molar-refractivity contribution in [2.45, 2.75) is 18.5 Å². The molecule has 0 aliphatic carbocycles. The first-order valence-corrected chi connectivity index (χ1v) is 38.2. The van der Waals surface area contributed by atoms with Crippen molar-refractivity contribution in [2.24, 2.45) is 0 Å². The molecular formula is C97H73BF9N3O20. The summed E-state index contributed by atoms with van der Waals surface area (Å²) in [5, 5.41) is 58.1. The first kappa shape index (κ1) is 95.7. The Balaban J connectivity index is 0.000000174. The molecule has 0 radical (unpaired) electrons. The SMILES string of the molecule is COC(=O)c1cc(O)cc(C(=O)OC)c1.COC(=O)c1cc(Oc2ccc3ccccc3c2)cc(C(=O)OC)c1.Nc1cccc(C(F)(F)F)c1.O=C(Nc1cccc(C(F)(F)F)c1)c1cc(Oc2ccc3ccccc3c2)cc(C(=O)Nc2cccc(C(F)(F)F)c2)c1.O=C(O)c1cc(Oc2ccc3ccccc3c2)cc(C(=O)O)c1.OB(O)c1ccc2ccccc2c1. The lowest BCUT2D eigenvalue weighted by molar-refractivity contribution is -0.138. The van der Waals surface area contributed by atoms with Gasteiger partial charge in [-0.25, -0.2) is 28.8 Å². The number of rotatable bonds is 17. The lowest BCUT2D eigenvalue weighted by Gasteiger charge is -2.14. The maximum absolute atomic E-state index is 13.2. The van der Waals surface area contributed by atoms with E-state index < -0.39 is 90.0 Å². The number of nitrogens with two attached hydrogens (primary N) is 1. The van der Waals surface area contributed by atoms with Crippen LogP contribution in [0.4, 0.5) is 56.6 Å². The van der Waals surface area contributed by atoms with Crippen molar-refractivity contribution in [3.05, 3.63) is 377 Å². The van der Waals surface area contributed by atoms with E-state index in [0.717, 1.165) is 104 Å². The van der Waals surface area contributed by atoms with Crippen molar-refractivity contribution in [3.8, 4) is 40.2 Å². The van der Waals surface area contributed by atoms with E-state index in [-0.39, 0.29) is 78.8 Å². The Kier molecular flexibility index (Phi) is 31.9. The molecule has 15 aromatic rings. The Labute approximate surface area is 733 Å². The number of fused-ring (bicyclic) bond motifs is 4. The zero-order valence-electron chi connectivity index (χ0n) is 68.4. The number of nitrogen functional groups attached to an aromatic ring is 1. The van der Waals surface area contributed by atoms with Crippen molar-refractivity contribution >= 4 is 120 Å². The highest BCUT2D eigenvalue weighted by atomic mass is 19.4. The fraction of sp³-hybridized carbons (Fsp3) is 0.0722. The average molecular weight is 1780 g/mol. The van der Waals surface area contributed by atoms with Gasteiger partial charge in [-0.15, -0.1) is 0 Å². The minimum atomic E-state index is -4.64. The number of carbonyl (C=O) groups excluding carboxylic acids is 6. The van der Waals surface area contributed by atoms with Gasteiger partial charge in [-0.3, -0.25) is 9.59 Å². The summed E-state index contributed by atoms with van der Waals surface area (Å²) in [5.74, 6) is -4.70. The molecule has 0 aromatic heterocycles. The van der Waals surface area contributed by atoms with E-state index in [0.29, 0.717) is 28.5 Å². The number of nitrogens with one attached hydrogen (secondary N) is 2. The van der Waals surface area contributed by atoms with Crippen molar-refractivity contribution in [2.75, 3.05) is 44.8 Å². The number of methoxy groups -OCH3 is 4. The molecular weight excluding hydrogens is 1710 g/mol. The average Bonchev–Trinajstić information content (AvgIpc) is 0.819. The topological polar surface area (TPSA) is 352 Å². The number of hydrogen-bond donors (Lipinski definition) is 8. The molecule has 33 heteroatoms. The summed E-state index contributed by atoms with van der Waals surface area (Å²) in [7, 11) is 3.59. The summed E-state index contributed by atoms with van der Waals surface area (Å²) >= 11 is 0. The molecule has 15 aromatic carbocycles. The van der Waals surface area contributed by atoms with Crippen LogP contribution in [0.1, 0.15) is 99.6 Å². The maximum atomic E-state index is 13.2. The van der Waals surface area contributed by atoms with Gasteiger partial charge in [0.25, 0.3) is 11.8 Å². The second kappa shape index (κ2) is 43.4. The summed E-state index contributed by atoms with van der Waals surface area (Å²) in [6.07, 6.45) is -13.6. The zero-order valence-corrected chi connectivity index (χ0v) is 68.4. The Morgan fingerprint density at radius 2 is 0.569 bits per heavy atom. The van der Waals surface area contributed by atoms with Crippen LogP contribution in [0.3, 0.4) is 0 Å². The zero-order chi connectivity index (χ0) is 94.2. The number of halogens is 9. The maximum Gasteiger partial charge on any atom is 0.488 e. The fourth-order valence-electron chi connectivity index (χ4n) is 12.2. The molecule has 0 bridgehead atoms. The van der Waals surface area contributed by atoms with E-state index in [1.165, 1.54) is 113 Å². The van der Waals surface area contributed by atoms with Gasteiger partial charge < -0.3 is 74.9 Å². The highest BCUT2D eigenvalue weighted by Crippen LogP contribution is 2.37. The number of aromatic carboxylic acids is 2. The number of phenolic OH excluding ortho intramolecular Hbond substituents is 1. The summed E-state index contributed by atoms with van der Waals surface area (Å²) in [5.41, 5.74) is 2.90. The summed E-state index contributed by atoms with van der Waals surface area (Å²) in [6.45, 7) is 0. The second-order valence-corrected chi connectivity index (χ2v) is 27.6. The lowest BCUT2D eigenvalue weighted by Crippen LogP contribution is -2.29. The molecule has 0 aliphatic rings. The van der Waals surface area contributed by atoms with Crippen molar-refractivity contribution in [1.29, 1.82) is 0 Å². The Bertz CT molecular complexity index is 6500. The van der Waals surface area contributed by atoms with E-state index in [2.05, 4.69) is 20.1 Å². The van der Waals surface area contributed by atoms with Gasteiger partial charge >= 0.3 is 61.5 Å². The quantitative estimate of drug-likeness (QED) is 0.0138. The van der Waals surface area contributed by atoms with Crippen LogP contribution in [-0.4, -0.2) is 109 Å². The first-order valence-electron chi connectivity index (χ1n) is 38.2. The molecule has 2 amide bonds.